The van der Waals surface area contributed by atoms with Gasteiger partial charge < -0.3 is 16.0 Å². The van der Waals surface area contributed by atoms with Crippen molar-refractivity contribution in [3.8, 4) is 0 Å². The van der Waals surface area contributed by atoms with E-state index in [-0.39, 0.29) is 11.8 Å². The van der Waals surface area contributed by atoms with Gasteiger partial charge in [0.1, 0.15) is 6.04 Å². The number of piperidine rings is 1. The normalized spacial score (nSPS) is 17.6. The van der Waals surface area contributed by atoms with Crippen molar-refractivity contribution in [2.24, 2.45) is 0 Å². The summed E-state index contributed by atoms with van der Waals surface area (Å²) in [5.41, 5.74) is 8.72. The number of nitrogens with one attached hydrogen (secondary N) is 1. The number of carbonyl (C=O) groups is 2. The van der Waals surface area contributed by atoms with Crippen LogP contribution in [-0.4, -0.2) is 24.4 Å². The Morgan fingerprint density at radius 2 is 1.96 bits per heavy atom. The summed E-state index contributed by atoms with van der Waals surface area (Å²) in [7, 11) is 0. The van der Waals surface area contributed by atoms with E-state index in [1.807, 2.05) is 31.2 Å². The van der Waals surface area contributed by atoms with Crippen molar-refractivity contribution in [2.75, 3.05) is 17.2 Å². The Hall–Kier alpha value is -2.82. The van der Waals surface area contributed by atoms with E-state index in [1.54, 1.807) is 29.2 Å². The van der Waals surface area contributed by atoms with Crippen LogP contribution in [0.25, 0.3) is 0 Å². The Morgan fingerprint density at radius 1 is 1.21 bits per heavy atom. The highest BCUT2D eigenvalue weighted by Crippen LogP contribution is 2.22. The van der Waals surface area contributed by atoms with Gasteiger partial charge >= 0.3 is 0 Å². The fourth-order valence-electron chi connectivity index (χ4n) is 2.91. The van der Waals surface area contributed by atoms with Crippen molar-refractivity contribution >= 4 is 23.2 Å². The molecule has 1 saturated heterocycles. The van der Waals surface area contributed by atoms with Crippen LogP contribution in [0, 0.1) is 6.92 Å². The Kier molecular flexibility index (Phi) is 4.51. The lowest BCUT2D eigenvalue weighted by Gasteiger charge is -2.32. The number of amides is 2. The van der Waals surface area contributed by atoms with Crippen LogP contribution < -0.4 is 16.0 Å². The highest BCUT2D eigenvalue weighted by Gasteiger charge is 2.30. The van der Waals surface area contributed by atoms with Gasteiger partial charge in [-0.05, 0) is 50.1 Å². The fourth-order valence-corrected chi connectivity index (χ4v) is 2.91. The highest BCUT2D eigenvalue weighted by molar-refractivity contribution is 6.03. The molecule has 5 nitrogen and oxygen atoms in total. The third kappa shape index (κ3) is 3.40. The molecule has 3 rings (SSSR count). The van der Waals surface area contributed by atoms with E-state index >= 15 is 0 Å². The monoisotopic (exact) mass is 323 g/mol. The Labute approximate surface area is 141 Å². The van der Waals surface area contributed by atoms with Crippen molar-refractivity contribution in [2.45, 2.75) is 25.8 Å². The molecule has 2 aromatic rings. The summed E-state index contributed by atoms with van der Waals surface area (Å²) in [5.74, 6) is -0.339. The van der Waals surface area contributed by atoms with Gasteiger partial charge in [0, 0.05) is 23.5 Å². The van der Waals surface area contributed by atoms with E-state index in [0.717, 1.165) is 17.7 Å². The molecular formula is C19H21N3O2. The molecule has 0 aromatic heterocycles. The number of nitrogens with zero attached hydrogens (tertiary/aromatic N) is 1. The van der Waals surface area contributed by atoms with Crippen molar-refractivity contribution < 1.29 is 9.59 Å². The summed E-state index contributed by atoms with van der Waals surface area (Å²) in [5, 5.41) is 2.84. The van der Waals surface area contributed by atoms with Crippen molar-refractivity contribution in [3.05, 3.63) is 59.7 Å². The number of carbonyl (C=O) groups excluding carboxylic acids is 2. The first-order valence-electron chi connectivity index (χ1n) is 8.09. The van der Waals surface area contributed by atoms with Crippen LogP contribution in [0.2, 0.25) is 0 Å². The molecule has 1 aliphatic rings. The predicted octanol–water partition coefficient (Wildman–Crippen LogP) is 2.50. The molecule has 1 fully saturated rings. The summed E-state index contributed by atoms with van der Waals surface area (Å²) in [6, 6.07) is 14.1. The standard InChI is InChI=1S/C19H21N3O2/c1-13-7-9-16(10-8-13)22-11-3-6-17(19(22)24)21-18(23)14-4-2-5-15(20)12-14/h2,4-5,7-10,12,17H,3,6,11,20H2,1H3,(H,21,23). The van der Waals surface area contributed by atoms with Gasteiger partial charge in [-0.15, -0.1) is 0 Å². The maximum absolute atomic E-state index is 12.7. The van der Waals surface area contributed by atoms with Gasteiger partial charge in [0.15, 0.2) is 0 Å². The lowest BCUT2D eigenvalue weighted by atomic mass is 10.0. The number of hydrogen-bond acceptors (Lipinski definition) is 3. The quantitative estimate of drug-likeness (QED) is 0.852. The fraction of sp³-hybridized carbons (Fsp3) is 0.263. The van der Waals surface area contributed by atoms with Crippen LogP contribution in [0.4, 0.5) is 11.4 Å². The molecular weight excluding hydrogens is 302 g/mol. The number of aryl methyl sites for hydroxylation is 1. The Balaban J connectivity index is 1.73. The number of nitrogen functional groups attached to an aromatic ring is 1. The average molecular weight is 323 g/mol. The van der Waals surface area contributed by atoms with Crippen LogP contribution >= 0.6 is 0 Å². The van der Waals surface area contributed by atoms with Gasteiger partial charge in [0.2, 0.25) is 5.91 Å². The van der Waals surface area contributed by atoms with Crippen molar-refractivity contribution in [1.82, 2.24) is 5.32 Å². The van der Waals surface area contributed by atoms with Crippen LogP contribution in [0.3, 0.4) is 0 Å². The molecule has 3 N–H and O–H groups in total. The lowest BCUT2D eigenvalue weighted by molar-refractivity contribution is -0.121. The van der Waals surface area contributed by atoms with Crippen molar-refractivity contribution in [3.63, 3.8) is 0 Å². The molecule has 2 aromatic carbocycles. The molecule has 0 spiro atoms. The predicted molar refractivity (Wildman–Crippen MR) is 94.9 cm³/mol. The third-order valence-electron chi connectivity index (χ3n) is 4.24. The van der Waals surface area contributed by atoms with Crippen LogP contribution in [0.1, 0.15) is 28.8 Å². The molecule has 24 heavy (non-hydrogen) atoms. The number of anilines is 2. The van der Waals surface area contributed by atoms with E-state index in [1.165, 1.54) is 0 Å². The zero-order chi connectivity index (χ0) is 17.1. The van der Waals surface area contributed by atoms with E-state index in [2.05, 4.69) is 5.32 Å². The first-order valence-corrected chi connectivity index (χ1v) is 8.09. The minimum Gasteiger partial charge on any atom is -0.399 e. The second kappa shape index (κ2) is 6.74. The molecule has 1 heterocycles. The second-order valence-electron chi connectivity index (χ2n) is 6.12. The summed E-state index contributed by atoms with van der Waals surface area (Å²) >= 11 is 0. The zero-order valence-corrected chi connectivity index (χ0v) is 13.7. The summed E-state index contributed by atoms with van der Waals surface area (Å²) in [4.78, 5) is 26.8. The number of benzene rings is 2. The van der Waals surface area contributed by atoms with Gasteiger partial charge in [0.25, 0.3) is 5.91 Å². The SMILES string of the molecule is Cc1ccc(N2CCCC(NC(=O)c3cccc(N)c3)C2=O)cc1. The second-order valence-corrected chi connectivity index (χ2v) is 6.12. The van der Waals surface area contributed by atoms with Gasteiger partial charge in [-0.2, -0.15) is 0 Å². The summed E-state index contributed by atoms with van der Waals surface area (Å²) in [6.45, 7) is 2.68. The minimum atomic E-state index is -0.506. The third-order valence-corrected chi connectivity index (χ3v) is 4.24. The van der Waals surface area contributed by atoms with Gasteiger partial charge in [-0.1, -0.05) is 23.8 Å². The van der Waals surface area contributed by atoms with Gasteiger partial charge in [-0.3, -0.25) is 9.59 Å². The first-order chi connectivity index (χ1) is 11.5. The lowest BCUT2D eigenvalue weighted by Crippen LogP contribution is -2.52. The summed E-state index contributed by atoms with van der Waals surface area (Å²) in [6.07, 6.45) is 1.50. The summed E-state index contributed by atoms with van der Waals surface area (Å²) < 4.78 is 0. The maximum atomic E-state index is 12.7. The maximum Gasteiger partial charge on any atom is 0.252 e. The van der Waals surface area contributed by atoms with Gasteiger partial charge in [0.05, 0.1) is 0 Å². The van der Waals surface area contributed by atoms with E-state index < -0.39 is 6.04 Å². The molecule has 124 valence electrons. The Bertz CT molecular complexity index is 755. The molecule has 1 atom stereocenters. The molecule has 0 saturated carbocycles. The van der Waals surface area contributed by atoms with E-state index in [0.29, 0.717) is 24.2 Å². The molecule has 0 bridgehead atoms. The molecule has 5 heteroatoms. The largest absolute Gasteiger partial charge is 0.399 e. The van der Waals surface area contributed by atoms with E-state index in [4.69, 9.17) is 5.73 Å². The Morgan fingerprint density at radius 3 is 2.67 bits per heavy atom. The van der Waals surface area contributed by atoms with Gasteiger partial charge in [-0.25, -0.2) is 0 Å². The smallest absolute Gasteiger partial charge is 0.252 e. The highest BCUT2D eigenvalue weighted by atomic mass is 16.2. The average Bonchev–Trinajstić information content (AvgIpc) is 2.58. The van der Waals surface area contributed by atoms with Crippen LogP contribution in [-0.2, 0) is 4.79 Å². The first kappa shape index (κ1) is 16.1. The van der Waals surface area contributed by atoms with Crippen LogP contribution in [0.15, 0.2) is 48.5 Å². The molecule has 0 aliphatic carbocycles. The zero-order valence-electron chi connectivity index (χ0n) is 13.7. The molecule has 2 amide bonds. The topological polar surface area (TPSA) is 75.4 Å². The minimum absolute atomic E-state index is 0.0673. The number of rotatable bonds is 3. The molecule has 0 radical (unpaired) electrons. The number of nitrogens with two attached hydrogens (primary N) is 1. The number of hydrogen-bond donors (Lipinski definition) is 2. The van der Waals surface area contributed by atoms with Crippen molar-refractivity contribution in [1.29, 1.82) is 0 Å². The molecule has 1 aliphatic heterocycles. The van der Waals surface area contributed by atoms with E-state index in [9.17, 15) is 9.59 Å². The molecule has 1 unspecified atom stereocenters. The van der Waals surface area contributed by atoms with Crippen LogP contribution in [0.5, 0.6) is 0 Å².